The summed E-state index contributed by atoms with van der Waals surface area (Å²) < 4.78 is 0. The SMILES string of the molecule is Cc1cc(Cl)ccc1NC(=O)c1cncc(Nc2ccc(C#N)cc2)c1. The lowest BCUT2D eigenvalue weighted by Crippen LogP contribution is -2.13. The van der Waals surface area contributed by atoms with Gasteiger partial charge in [0, 0.05) is 22.6 Å². The molecule has 1 heterocycles. The molecule has 2 N–H and O–H groups in total. The van der Waals surface area contributed by atoms with Gasteiger partial charge in [-0.3, -0.25) is 9.78 Å². The molecule has 1 amide bonds. The van der Waals surface area contributed by atoms with E-state index in [2.05, 4.69) is 21.7 Å². The molecule has 0 unspecified atom stereocenters. The molecule has 0 aliphatic heterocycles. The number of aromatic nitrogens is 1. The van der Waals surface area contributed by atoms with Crippen molar-refractivity contribution in [3.05, 3.63) is 82.6 Å². The maximum absolute atomic E-state index is 12.5. The average Bonchev–Trinajstić information content (AvgIpc) is 2.65. The van der Waals surface area contributed by atoms with Gasteiger partial charge in [-0.2, -0.15) is 5.26 Å². The Bertz CT molecular complexity index is 993. The minimum atomic E-state index is -0.258. The largest absolute Gasteiger partial charge is 0.354 e. The molecule has 0 aliphatic rings. The normalized spacial score (nSPS) is 10.0. The number of hydrogen-bond donors (Lipinski definition) is 2. The molecule has 6 heteroatoms. The van der Waals surface area contributed by atoms with E-state index in [9.17, 15) is 4.79 Å². The molecular weight excluding hydrogens is 348 g/mol. The summed E-state index contributed by atoms with van der Waals surface area (Å²) in [5.41, 5.74) is 4.07. The number of nitrogens with zero attached hydrogens (tertiary/aromatic N) is 2. The van der Waals surface area contributed by atoms with Gasteiger partial charge < -0.3 is 10.6 Å². The topological polar surface area (TPSA) is 77.8 Å². The van der Waals surface area contributed by atoms with Gasteiger partial charge in [0.05, 0.1) is 29.1 Å². The van der Waals surface area contributed by atoms with Crippen molar-refractivity contribution in [3.63, 3.8) is 0 Å². The van der Waals surface area contributed by atoms with Crippen LogP contribution in [0.4, 0.5) is 17.1 Å². The lowest BCUT2D eigenvalue weighted by Gasteiger charge is -2.10. The number of nitrogens with one attached hydrogen (secondary N) is 2. The summed E-state index contributed by atoms with van der Waals surface area (Å²) in [5.74, 6) is -0.258. The number of aryl methyl sites for hydroxylation is 1. The van der Waals surface area contributed by atoms with Crippen LogP contribution in [0.15, 0.2) is 60.9 Å². The summed E-state index contributed by atoms with van der Waals surface area (Å²) >= 11 is 5.94. The summed E-state index contributed by atoms with van der Waals surface area (Å²) in [7, 11) is 0. The Morgan fingerprint density at radius 2 is 1.85 bits per heavy atom. The van der Waals surface area contributed by atoms with Crippen molar-refractivity contribution in [2.75, 3.05) is 10.6 Å². The molecular formula is C20H15ClN4O. The lowest BCUT2D eigenvalue weighted by atomic mass is 10.2. The molecule has 0 saturated carbocycles. The van der Waals surface area contributed by atoms with E-state index in [0.29, 0.717) is 27.5 Å². The van der Waals surface area contributed by atoms with Crippen LogP contribution in [0.1, 0.15) is 21.5 Å². The quantitative estimate of drug-likeness (QED) is 0.691. The molecule has 0 radical (unpaired) electrons. The molecule has 0 aliphatic carbocycles. The third kappa shape index (κ3) is 4.18. The molecule has 0 bridgehead atoms. The van der Waals surface area contributed by atoms with Gasteiger partial charge in [-0.25, -0.2) is 0 Å². The third-order valence-corrected chi connectivity index (χ3v) is 3.97. The number of nitriles is 1. The summed E-state index contributed by atoms with van der Waals surface area (Å²) in [5, 5.41) is 15.5. The number of benzene rings is 2. The van der Waals surface area contributed by atoms with Gasteiger partial charge >= 0.3 is 0 Å². The molecule has 1 aromatic heterocycles. The van der Waals surface area contributed by atoms with Crippen LogP contribution in [0.3, 0.4) is 0 Å². The van der Waals surface area contributed by atoms with Crippen molar-refractivity contribution in [2.45, 2.75) is 6.92 Å². The first-order chi connectivity index (χ1) is 12.5. The van der Waals surface area contributed by atoms with Crippen LogP contribution in [-0.4, -0.2) is 10.9 Å². The first-order valence-electron chi connectivity index (χ1n) is 7.85. The Morgan fingerprint density at radius 3 is 2.54 bits per heavy atom. The van der Waals surface area contributed by atoms with E-state index in [1.807, 2.05) is 6.92 Å². The van der Waals surface area contributed by atoms with E-state index in [-0.39, 0.29) is 5.91 Å². The van der Waals surface area contributed by atoms with Crippen LogP contribution in [0, 0.1) is 18.3 Å². The number of carbonyl (C=O) groups is 1. The first-order valence-corrected chi connectivity index (χ1v) is 8.23. The summed E-state index contributed by atoms with van der Waals surface area (Å²) in [6, 6.07) is 16.1. The zero-order valence-electron chi connectivity index (χ0n) is 14.0. The molecule has 0 atom stereocenters. The van der Waals surface area contributed by atoms with Gasteiger partial charge in [0.2, 0.25) is 0 Å². The Kier molecular flexibility index (Phi) is 5.16. The second-order valence-electron chi connectivity index (χ2n) is 5.69. The van der Waals surface area contributed by atoms with E-state index in [0.717, 1.165) is 11.3 Å². The fourth-order valence-corrected chi connectivity index (χ4v) is 2.62. The minimum absolute atomic E-state index is 0.258. The van der Waals surface area contributed by atoms with Gasteiger partial charge in [0.15, 0.2) is 0 Å². The number of pyridine rings is 1. The van der Waals surface area contributed by atoms with Gasteiger partial charge in [0.25, 0.3) is 5.91 Å². The third-order valence-electron chi connectivity index (χ3n) is 3.74. The predicted octanol–water partition coefficient (Wildman–Crippen LogP) is 4.91. The second-order valence-corrected chi connectivity index (χ2v) is 6.13. The van der Waals surface area contributed by atoms with Crippen molar-refractivity contribution in [2.24, 2.45) is 0 Å². The standard InChI is InChI=1S/C20H15ClN4O/c1-13-8-16(21)4-7-19(13)25-20(26)15-9-18(12-23-11-15)24-17-5-2-14(10-22)3-6-17/h2-9,11-12,24H,1H3,(H,25,26). The van der Waals surface area contributed by atoms with E-state index in [1.165, 1.54) is 6.20 Å². The second kappa shape index (κ2) is 7.68. The number of halogens is 1. The Hall–Kier alpha value is -3.36. The number of carbonyl (C=O) groups excluding carboxylic acids is 1. The molecule has 2 aromatic carbocycles. The molecule has 0 spiro atoms. The molecule has 3 rings (SSSR count). The zero-order chi connectivity index (χ0) is 18.5. The summed E-state index contributed by atoms with van der Waals surface area (Å²) in [6.07, 6.45) is 3.13. The molecule has 128 valence electrons. The van der Waals surface area contributed by atoms with Crippen molar-refractivity contribution >= 4 is 34.6 Å². The van der Waals surface area contributed by atoms with Crippen molar-refractivity contribution in [1.29, 1.82) is 5.26 Å². The Morgan fingerprint density at radius 1 is 1.08 bits per heavy atom. The summed E-state index contributed by atoms with van der Waals surface area (Å²) in [4.78, 5) is 16.6. The zero-order valence-corrected chi connectivity index (χ0v) is 14.7. The fraction of sp³-hybridized carbons (Fsp3) is 0.0500. The number of hydrogen-bond acceptors (Lipinski definition) is 4. The molecule has 0 fully saturated rings. The monoisotopic (exact) mass is 362 g/mol. The van der Waals surface area contributed by atoms with Crippen molar-refractivity contribution < 1.29 is 4.79 Å². The fourth-order valence-electron chi connectivity index (χ4n) is 2.39. The number of rotatable bonds is 4. The Labute approximate surface area is 156 Å². The van der Waals surface area contributed by atoms with E-state index in [1.54, 1.807) is 54.7 Å². The highest BCUT2D eigenvalue weighted by Crippen LogP contribution is 2.21. The van der Waals surface area contributed by atoms with Crippen LogP contribution in [0.25, 0.3) is 0 Å². The smallest absolute Gasteiger partial charge is 0.257 e. The maximum atomic E-state index is 12.5. The minimum Gasteiger partial charge on any atom is -0.354 e. The molecule has 3 aromatic rings. The average molecular weight is 363 g/mol. The lowest BCUT2D eigenvalue weighted by molar-refractivity contribution is 0.102. The van der Waals surface area contributed by atoms with Gasteiger partial charge in [0.1, 0.15) is 0 Å². The highest BCUT2D eigenvalue weighted by Gasteiger charge is 2.09. The van der Waals surface area contributed by atoms with E-state index < -0.39 is 0 Å². The van der Waals surface area contributed by atoms with Crippen LogP contribution in [0.5, 0.6) is 0 Å². The molecule has 5 nitrogen and oxygen atoms in total. The van der Waals surface area contributed by atoms with E-state index >= 15 is 0 Å². The van der Waals surface area contributed by atoms with Crippen LogP contribution in [0.2, 0.25) is 5.02 Å². The first kappa shape index (κ1) is 17.5. The van der Waals surface area contributed by atoms with Crippen molar-refractivity contribution in [1.82, 2.24) is 4.98 Å². The van der Waals surface area contributed by atoms with Crippen molar-refractivity contribution in [3.8, 4) is 6.07 Å². The number of amides is 1. The van der Waals surface area contributed by atoms with Crippen LogP contribution < -0.4 is 10.6 Å². The molecule has 26 heavy (non-hydrogen) atoms. The summed E-state index contributed by atoms with van der Waals surface area (Å²) in [6.45, 7) is 1.88. The molecule has 0 saturated heterocycles. The number of anilines is 3. The maximum Gasteiger partial charge on any atom is 0.257 e. The predicted molar refractivity (Wildman–Crippen MR) is 103 cm³/mol. The van der Waals surface area contributed by atoms with Gasteiger partial charge in [-0.1, -0.05) is 11.6 Å². The Balaban J connectivity index is 1.75. The highest BCUT2D eigenvalue weighted by atomic mass is 35.5. The van der Waals surface area contributed by atoms with Gasteiger partial charge in [-0.05, 0) is 61.0 Å². The van der Waals surface area contributed by atoms with E-state index in [4.69, 9.17) is 16.9 Å². The van der Waals surface area contributed by atoms with Crippen LogP contribution >= 0.6 is 11.6 Å². The highest BCUT2D eigenvalue weighted by molar-refractivity contribution is 6.30. The van der Waals surface area contributed by atoms with Crippen LogP contribution in [-0.2, 0) is 0 Å². The van der Waals surface area contributed by atoms with Gasteiger partial charge in [-0.15, -0.1) is 0 Å².